The molecule has 0 aromatic rings. The van der Waals surface area contributed by atoms with Gasteiger partial charge in [0.1, 0.15) is 0 Å². The molecule has 14 heavy (non-hydrogen) atoms. The quantitative estimate of drug-likeness (QED) is 0.662. The van der Waals surface area contributed by atoms with Crippen molar-refractivity contribution < 1.29 is 9.90 Å². The van der Waals surface area contributed by atoms with Crippen LogP contribution in [0.5, 0.6) is 0 Å². The van der Waals surface area contributed by atoms with Crippen molar-refractivity contribution in [3.63, 3.8) is 0 Å². The summed E-state index contributed by atoms with van der Waals surface area (Å²) in [6.45, 7) is 2.15. The molecule has 1 fully saturated rings. The fourth-order valence-electron chi connectivity index (χ4n) is 1.94. The Morgan fingerprint density at radius 2 is 2.29 bits per heavy atom. The fraction of sp³-hybridized carbons (Fsp3) is 0.818. The molecular formula is C11H17NO2. The highest BCUT2D eigenvalue weighted by Gasteiger charge is 2.60. The lowest BCUT2D eigenvalue weighted by Gasteiger charge is -2.01. The molecule has 3 nitrogen and oxygen atoms in total. The van der Waals surface area contributed by atoms with Gasteiger partial charge in [-0.05, 0) is 18.8 Å². The molecule has 3 heteroatoms. The molecule has 0 aliphatic heterocycles. The number of nitrogens with zero attached hydrogens (tertiary/aromatic N) is 1. The van der Waals surface area contributed by atoms with Gasteiger partial charge in [-0.15, -0.1) is 0 Å². The van der Waals surface area contributed by atoms with Gasteiger partial charge in [0.2, 0.25) is 0 Å². The van der Waals surface area contributed by atoms with E-state index in [1.165, 1.54) is 12.8 Å². The van der Waals surface area contributed by atoms with Crippen molar-refractivity contribution >= 4 is 5.97 Å². The Hall–Kier alpha value is -1.04. The van der Waals surface area contributed by atoms with E-state index in [0.717, 1.165) is 19.3 Å². The van der Waals surface area contributed by atoms with Gasteiger partial charge in [-0.1, -0.05) is 32.6 Å². The lowest BCUT2D eigenvalue weighted by molar-refractivity contribution is -0.141. The number of nitriles is 1. The molecule has 0 saturated heterocycles. The van der Waals surface area contributed by atoms with E-state index in [1.807, 2.05) is 6.07 Å². The monoisotopic (exact) mass is 195 g/mol. The van der Waals surface area contributed by atoms with Gasteiger partial charge in [0.15, 0.2) is 5.41 Å². The third-order valence-corrected chi connectivity index (χ3v) is 3.09. The van der Waals surface area contributed by atoms with Gasteiger partial charge in [0.05, 0.1) is 6.07 Å². The van der Waals surface area contributed by atoms with Gasteiger partial charge in [0.25, 0.3) is 0 Å². The van der Waals surface area contributed by atoms with Crippen molar-refractivity contribution in [3.05, 3.63) is 0 Å². The van der Waals surface area contributed by atoms with E-state index in [1.54, 1.807) is 0 Å². The van der Waals surface area contributed by atoms with E-state index in [0.29, 0.717) is 6.42 Å². The molecule has 78 valence electrons. The summed E-state index contributed by atoms with van der Waals surface area (Å²) in [5.74, 6) is -0.817. The van der Waals surface area contributed by atoms with E-state index in [9.17, 15) is 4.79 Å². The highest BCUT2D eigenvalue weighted by atomic mass is 16.4. The first-order chi connectivity index (χ1) is 6.67. The van der Waals surface area contributed by atoms with Gasteiger partial charge in [-0.2, -0.15) is 5.26 Å². The third-order valence-electron chi connectivity index (χ3n) is 3.09. The fourth-order valence-corrected chi connectivity index (χ4v) is 1.94. The van der Waals surface area contributed by atoms with Gasteiger partial charge < -0.3 is 5.11 Å². The van der Waals surface area contributed by atoms with Crippen LogP contribution in [0, 0.1) is 22.7 Å². The smallest absolute Gasteiger partial charge is 0.324 e. The molecule has 0 amide bonds. The molecule has 0 bridgehead atoms. The van der Waals surface area contributed by atoms with Crippen molar-refractivity contribution in [1.29, 1.82) is 5.26 Å². The Kier molecular flexibility index (Phi) is 3.51. The van der Waals surface area contributed by atoms with Crippen LogP contribution in [0.1, 0.15) is 45.4 Å². The maximum atomic E-state index is 10.8. The molecule has 0 heterocycles. The van der Waals surface area contributed by atoms with Gasteiger partial charge in [-0.25, -0.2) is 0 Å². The van der Waals surface area contributed by atoms with Crippen molar-refractivity contribution in [3.8, 4) is 6.07 Å². The summed E-state index contributed by atoms with van der Waals surface area (Å²) >= 11 is 0. The largest absolute Gasteiger partial charge is 0.480 e. The number of rotatable bonds is 6. The number of carboxylic acids is 1. The number of hydrogen-bond acceptors (Lipinski definition) is 2. The second kappa shape index (κ2) is 4.45. The third kappa shape index (κ3) is 2.06. The maximum Gasteiger partial charge on any atom is 0.324 e. The van der Waals surface area contributed by atoms with Crippen molar-refractivity contribution in [1.82, 2.24) is 0 Å². The van der Waals surface area contributed by atoms with Crippen molar-refractivity contribution in [2.75, 3.05) is 0 Å². The zero-order chi connectivity index (χ0) is 10.6. The summed E-state index contributed by atoms with van der Waals surface area (Å²) in [5, 5.41) is 17.6. The molecular weight excluding hydrogens is 178 g/mol. The second-order valence-corrected chi connectivity index (χ2v) is 4.14. The minimum Gasteiger partial charge on any atom is -0.480 e. The van der Waals surface area contributed by atoms with Gasteiger partial charge in [0, 0.05) is 0 Å². The average Bonchev–Trinajstić information content (AvgIpc) is 2.88. The first-order valence-corrected chi connectivity index (χ1v) is 5.32. The summed E-state index contributed by atoms with van der Waals surface area (Å²) in [6.07, 6.45) is 6.08. The van der Waals surface area contributed by atoms with Crippen LogP contribution < -0.4 is 0 Å². The van der Waals surface area contributed by atoms with E-state index in [4.69, 9.17) is 10.4 Å². The predicted octanol–water partition coefficient (Wildman–Crippen LogP) is 2.57. The molecule has 1 saturated carbocycles. The van der Waals surface area contributed by atoms with Crippen molar-refractivity contribution in [2.24, 2.45) is 11.3 Å². The molecule has 0 aromatic carbocycles. The molecule has 1 N–H and O–H groups in total. The molecule has 2 unspecified atom stereocenters. The summed E-state index contributed by atoms with van der Waals surface area (Å²) in [4.78, 5) is 10.8. The van der Waals surface area contributed by atoms with Crippen LogP contribution in [-0.2, 0) is 4.79 Å². The summed E-state index contributed by atoms with van der Waals surface area (Å²) in [5.41, 5.74) is -1.02. The summed E-state index contributed by atoms with van der Waals surface area (Å²) < 4.78 is 0. The standard InChI is InChI=1S/C11H17NO2/c1-2-3-4-5-6-9-7-11(9,8-12)10(13)14/h9H,2-7H2,1H3,(H,13,14). The molecule has 1 rings (SSSR count). The van der Waals surface area contributed by atoms with Crippen LogP contribution in [-0.4, -0.2) is 11.1 Å². The molecule has 1 aliphatic carbocycles. The Bertz CT molecular complexity index is 257. The Morgan fingerprint density at radius 3 is 2.71 bits per heavy atom. The second-order valence-electron chi connectivity index (χ2n) is 4.14. The minimum absolute atomic E-state index is 0.113. The highest BCUT2D eigenvalue weighted by Crippen LogP contribution is 2.54. The number of aliphatic carboxylic acids is 1. The average molecular weight is 195 g/mol. The van der Waals surface area contributed by atoms with Crippen LogP contribution in [0.15, 0.2) is 0 Å². The molecule has 2 atom stereocenters. The van der Waals surface area contributed by atoms with Crippen LogP contribution >= 0.6 is 0 Å². The topological polar surface area (TPSA) is 61.1 Å². The zero-order valence-electron chi connectivity index (χ0n) is 8.62. The lowest BCUT2D eigenvalue weighted by Crippen LogP contribution is -2.15. The first-order valence-electron chi connectivity index (χ1n) is 5.32. The van der Waals surface area contributed by atoms with Crippen LogP contribution in [0.3, 0.4) is 0 Å². The van der Waals surface area contributed by atoms with Crippen molar-refractivity contribution in [2.45, 2.75) is 45.4 Å². The zero-order valence-corrected chi connectivity index (χ0v) is 8.62. The summed E-state index contributed by atoms with van der Waals surface area (Å²) in [7, 11) is 0. The van der Waals surface area contributed by atoms with Crippen LogP contribution in [0.2, 0.25) is 0 Å². The number of carboxylic acid groups (broad SMARTS) is 1. The summed E-state index contributed by atoms with van der Waals surface area (Å²) in [6, 6.07) is 1.94. The molecule has 0 aromatic heterocycles. The van der Waals surface area contributed by atoms with Gasteiger partial charge in [-0.3, -0.25) is 4.79 Å². The SMILES string of the molecule is CCCCCCC1CC1(C#N)C(=O)O. The molecule has 0 radical (unpaired) electrons. The number of unbranched alkanes of at least 4 members (excludes halogenated alkanes) is 3. The van der Waals surface area contributed by atoms with E-state index < -0.39 is 11.4 Å². The molecule has 0 spiro atoms. The van der Waals surface area contributed by atoms with Crippen LogP contribution in [0.4, 0.5) is 0 Å². The molecule has 1 aliphatic rings. The highest BCUT2D eigenvalue weighted by molar-refractivity contribution is 5.82. The first kappa shape index (κ1) is 11.0. The minimum atomic E-state index is -1.02. The van der Waals surface area contributed by atoms with E-state index in [2.05, 4.69) is 6.92 Å². The van der Waals surface area contributed by atoms with E-state index in [-0.39, 0.29) is 5.92 Å². The van der Waals surface area contributed by atoms with Gasteiger partial charge >= 0.3 is 5.97 Å². The number of hydrogen-bond donors (Lipinski definition) is 1. The Balaban J connectivity index is 2.24. The predicted molar refractivity (Wildman–Crippen MR) is 52.5 cm³/mol. The Labute approximate surface area is 84.7 Å². The number of carbonyl (C=O) groups is 1. The lowest BCUT2D eigenvalue weighted by atomic mass is 10.0. The van der Waals surface area contributed by atoms with Crippen LogP contribution in [0.25, 0.3) is 0 Å². The Morgan fingerprint density at radius 1 is 1.57 bits per heavy atom. The van der Waals surface area contributed by atoms with E-state index >= 15 is 0 Å². The maximum absolute atomic E-state index is 10.8. The normalized spacial score (nSPS) is 29.6.